The van der Waals surface area contributed by atoms with E-state index in [4.69, 9.17) is 5.73 Å². The van der Waals surface area contributed by atoms with Gasteiger partial charge in [-0.15, -0.1) is 0 Å². The van der Waals surface area contributed by atoms with E-state index in [0.717, 1.165) is 12.5 Å². The molecule has 2 aliphatic rings. The number of hydrogen-bond donors (Lipinski definition) is 1. The molecular formula is C12H15N. The quantitative estimate of drug-likeness (QED) is 0.689. The maximum absolute atomic E-state index is 5.75. The van der Waals surface area contributed by atoms with Crippen LogP contribution >= 0.6 is 0 Å². The molecule has 13 heavy (non-hydrogen) atoms. The molecule has 68 valence electrons. The topological polar surface area (TPSA) is 26.0 Å². The third kappa shape index (κ3) is 0.856. The second-order valence-electron chi connectivity index (χ2n) is 4.45. The Morgan fingerprint density at radius 2 is 2.23 bits per heavy atom. The molecule has 0 aliphatic heterocycles. The molecule has 3 rings (SSSR count). The second kappa shape index (κ2) is 2.36. The third-order valence-electron chi connectivity index (χ3n) is 3.91. The van der Waals surface area contributed by atoms with E-state index in [2.05, 4.69) is 24.3 Å². The summed E-state index contributed by atoms with van der Waals surface area (Å²) in [6.45, 7) is 0.869. The molecule has 0 amide bonds. The van der Waals surface area contributed by atoms with Gasteiger partial charge in [-0.3, -0.25) is 0 Å². The van der Waals surface area contributed by atoms with E-state index in [0.29, 0.717) is 5.41 Å². The summed E-state index contributed by atoms with van der Waals surface area (Å²) in [5.41, 5.74) is 9.43. The number of aryl methyl sites for hydroxylation is 1. The van der Waals surface area contributed by atoms with Gasteiger partial charge in [-0.25, -0.2) is 0 Å². The third-order valence-corrected chi connectivity index (χ3v) is 3.91. The first-order valence-corrected chi connectivity index (χ1v) is 5.15. The molecule has 1 saturated carbocycles. The zero-order valence-electron chi connectivity index (χ0n) is 7.79. The molecule has 1 spiro atoms. The van der Waals surface area contributed by atoms with E-state index in [9.17, 15) is 0 Å². The highest BCUT2D eigenvalue weighted by Crippen LogP contribution is 2.60. The van der Waals surface area contributed by atoms with Crippen molar-refractivity contribution in [3.63, 3.8) is 0 Å². The fourth-order valence-corrected chi connectivity index (χ4v) is 3.04. The first-order chi connectivity index (χ1) is 6.37. The van der Waals surface area contributed by atoms with Crippen LogP contribution in [0.5, 0.6) is 0 Å². The number of fused-ring (bicyclic) bond motifs is 2. The first-order valence-electron chi connectivity index (χ1n) is 5.15. The number of hydrogen-bond acceptors (Lipinski definition) is 1. The Labute approximate surface area is 78.9 Å². The van der Waals surface area contributed by atoms with E-state index in [1.807, 2.05) is 0 Å². The molecule has 1 fully saturated rings. The summed E-state index contributed by atoms with van der Waals surface area (Å²) in [4.78, 5) is 0. The van der Waals surface area contributed by atoms with Gasteiger partial charge in [0.2, 0.25) is 0 Å². The molecule has 2 atom stereocenters. The molecule has 0 unspecified atom stereocenters. The molecule has 0 aromatic heterocycles. The summed E-state index contributed by atoms with van der Waals surface area (Å²) in [5.74, 6) is 0.774. The van der Waals surface area contributed by atoms with Crippen molar-refractivity contribution in [2.75, 3.05) is 6.54 Å². The van der Waals surface area contributed by atoms with Crippen LogP contribution in [-0.4, -0.2) is 6.54 Å². The lowest BCUT2D eigenvalue weighted by Gasteiger charge is -2.09. The van der Waals surface area contributed by atoms with Gasteiger partial charge in [-0.1, -0.05) is 24.3 Å². The van der Waals surface area contributed by atoms with Gasteiger partial charge in [0.25, 0.3) is 0 Å². The van der Waals surface area contributed by atoms with Crippen LogP contribution < -0.4 is 5.73 Å². The Hall–Kier alpha value is -0.820. The maximum atomic E-state index is 5.75. The Balaban J connectivity index is 2.05. The lowest BCUT2D eigenvalue weighted by Crippen LogP contribution is -2.12. The molecule has 1 heteroatoms. The van der Waals surface area contributed by atoms with Gasteiger partial charge in [-0.05, 0) is 42.9 Å². The number of rotatable bonds is 1. The smallest absolute Gasteiger partial charge is 0.000288 e. The van der Waals surface area contributed by atoms with E-state index < -0.39 is 0 Å². The summed E-state index contributed by atoms with van der Waals surface area (Å²) in [6, 6.07) is 8.89. The molecule has 0 saturated heterocycles. The van der Waals surface area contributed by atoms with E-state index in [1.165, 1.54) is 19.3 Å². The fourth-order valence-electron chi connectivity index (χ4n) is 3.04. The highest BCUT2D eigenvalue weighted by atomic mass is 14.7. The molecule has 1 aromatic carbocycles. The van der Waals surface area contributed by atoms with E-state index >= 15 is 0 Å². The van der Waals surface area contributed by atoms with Crippen LogP contribution in [0, 0.1) is 5.92 Å². The molecule has 0 bridgehead atoms. The van der Waals surface area contributed by atoms with Crippen molar-refractivity contribution in [1.29, 1.82) is 0 Å². The predicted octanol–water partition coefficient (Wildman–Crippen LogP) is 1.85. The molecule has 2 N–H and O–H groups in total. The van der Waals surface area contributed by atoms with E-state index in [-0.39, 0.29) is 0 Å². The van der Waals surface area contributed by atoms with Crippen molar-refractivity contribution in [2.45, 2.75) is 24.7 Å². The summed E-state index contributed by atoms with van der Waals surface area (Å²) >= 11 is 0. The molecule has 1 nitrogen and oxygen atoms in total. The van der Waals surface area contributed by atoms with Crippen LogP contribution in [-0.2, 0) is 11.8 Å². The average molecular weight is 173 g/mol. The van der Waals surface area contributed by atoms with Gasteiger partial charge in [0, 0.05) is 5.41 Å². The van der Waals surface area contributed by atoms with Crippen LogP contribution in [0.4, 0.5) is 0 Å². The Morgan fingerprint density at radius 3 is 3.00 bits per heavy atom. The van der Waals surface area contributed by atoms with Gasteiger partial charge < -0.3 is 5.73 Å². The highest BCUT2D eigenvalue weighted by Gasteiger charge is 2.56. The van der Waals surface area contributed by atoms with Crippen LogP contribution in [0.2, 0.25) is 0 Å². The Bertz CT molecular complexity index is 345. The first kappa shape index (κ1) is 7.57. The minimum absolute atomic E-state index is 0.519. The van der Waals surface area contributed by atoms with Gasteiger partial charge in [0.1, 0.15) is 0 Å². The predicted molar refractivity (Wildman–Crippen MR) is 53.6 cm³/mol. The normalized spacial score (nSPS) is 35.0. The zero-order valence-corrected chi connectivity index (χ0v) is 7.79. The minimum atomic E-state index is 0.519. The molecule has 2 aliphatic carbocycles. The van der Waals surface area contributed by atoms with Gasteiger partial charge in [0.05, 0.1) is 0 Å². The molecule has 0 radical (unpaired) electrons. The van der Waals surface area contributed by atoms with Crippen LogP contribution in [0.25, 0.3) is 0 Å². The Kier molecular flexibility index (Phi) is 1.37. The summed E-state index contributed by atoms with van der Waals surface area (Å²) in [5, 5.41) is 0. The lowest BCUT2D eigenvalue weighted by atomic mass is 9.95. The van der Waals surface area contributed by atoms with E-state index in [1.54, 1.807) is 11.1 Å². The minimum Gasteiger partial charge on any atom is -0.330 e. The van der Waals surface area contributed by atoms with Crippen LogP contribution in [0.1, 0.15) is 24.0 Å². The second-order valence-corrected chi connectivity index (χ2v) is 4.45. The van der Waals surface area contributed by atoms with Crippen molar-refractivity contribution in [1.82, 2.24) is 0 Å². The number of benzene rings is 1. The Morgan fingerprint density at radius 1 is 1.38 bits per heavy atom. The van der Waals surface area contributed by atoms with Gasteiger partial charge >= 0.3 is 0 Å². The standard InChI is InChI=1S/C12H15N/c13-8-10-7-12(10)6-5-9-3-1-2-4-11(9)12/h1-4,10H,5-8,13H2/t10-,12-/m1/s1. The highest BCUT2D eigenvalue weighted by molar-refractivity contribution is 5.45. The van der Waals surface area contributed by atoms with Gasteiger partial charge in [-0.2, -0.15) is 0 Å². The molecular weight excluding hydrogens is 158 g/mol. The van der Waals surface area contributed by atoms with Gasteiger partial charge in [0.15, 0.2) is 0 Å². The lowest BCUT2D eigenvalue weighted by molar-refractivity contribution is 0.601. The maximum Gasteiger partial charge on any atom is 0.000288 e. The van der Waals surface area contributed by atoms with Crippen molar-refractivity contribution >= 4 is 0 Å². The molecule has 0 heterocycles. The SMILES string of the molecule is NC[C@H]1C[C@]12CCc1ccccc12. The fraction of sp³-hybridized carbons (Fsp3) is 0.500. The van der Waals surface area contributed by atoms with Crippen molar-refractivity contribution < 1.29 is 0 Å². The molecule has 1 aromatic rings. The summed E-state index contributed by atoms with van der Waals surface area (Å²) < 4.78 is 0. The summed E-state index contributed by atoms with van der Waals surface area (Å²) in [6.07, 6.45) is 3.95. The van der Waals surface area contributed by atoms with Crippen LogP contribution in [0.3, 0.4) is 0 Å². The van der Waals surface area contributed by atoms with Crippen molar-refractivity contribution in [2.24, 2.45) is 11.7 Å². The largest absolute Gasteiger partial charge is 0.330 e. The summed E-state index contributed by atoms with van der Waals surface area (Å²) in [7, 11) is 0. The van der Waals surface area contributed by atoms with Crippen molar-refractivity contribution in [3.8, 4) is 0 Å². The average Bonchev–Trinajstić information content (AvgIpc) is 2.78. The van der Waals surface area contributed by atoms with Crippen LogP contribution in [0.15, 0.2) is 24.3 Å². The zero-order chi connectivity index (χ0) is 8.89. The van der Waals surface area contributed by atoms with Crippen molar-refractivity contribution in [3.05, 3.63) is 35.4 Å². The number of nitrogens with two attached hydrogens (primary N) is 1. The monoisotopic (exact) mass is 173 g/mol.